The van der Waals surface area contributed by atoms with Gasteiger partial charge in [0, 0.05) is 0 Å². The molecule has 0 radical (unpaired) electrons. The summed E-state index contributed by atoms with van der Waals surface area (Å²) < 4.78 is 0. The molecular formula is C22H29P. The van der Waals surface area contributed by atoms with Crippen molar-refractivity contribution >= 4 is 18.5 Å². The van der Waals surface area contributed by atoms with E-state index in [0.29, 0.717) is 0 Å². The molecule has 2 aromatic rings. The van der Waals surface area contributed by atoms with Crippen LogP contribution in [0.25, 0.3) is 0 Å². The summed E-state index contributed by atoms with van der Waals surface area (Å²) in [5.74, 6) is 0. The molecule has 0 N–H and O–H groups in total. The monoisotopic (exact) mass is 324 g/mol. The Bertz CT molecular complexity index is 680. The van der Waals surface area contributed by atoms with Crippen molar-refractivity contribution in [2.75, 3.05) is 0 Å². The first kappa shape index (κ1) is 16.7. The summed E-state index contributed by atoms with van der Waals surface area (Å²) in [6.07, 6.45) is 7.08. The Morgan fingerprint density at radius 3 is 2.09 bits per heavy atom. The van der Waals surface area contributed by atoms with Crippen molar-refractivity contribution < 1.29 is 0 Å². The minimum Gasteiger partial charge on any atom is -0.0620 e. The molecule has 1 fully saturated rings. The number of benzene rings is 2. The fraction of sp³-hybridized carbons (Fsp3) is 0.455. The lowest BCUT2D eigenvalue weighted by atomic mass is 10.0. The predicted molar refractivity (Wildman–Crippen MR) is 105 cm³/mol. The molecule has 0 aliphatic heterocycles. The van der Waals surface area contributed by atoms with Gasteiger partial charge in [-0.1, -0.05) is 55.7 Å². The van der Waals surface area contributed by atoms with Gasteiger partial charge in [-0.05, 0) is 87.0 Å². The van der Waals surface area contributed by atoms with E-state index >= 15 is 0 Å². The Morgan fingerprint density at radius 2 is 1.39 bits per heavy atom. The molecule has 1 saturated carbocycles. The Labute approximate surface area is 143 Å². The Balaban J connectivity index is 2.12. The van der Waals surface area contributed by atoms with Gasteiger partial charge < -0.3 is 0 Å². The van der Waals surface area contributed by atoms with E-state index in [1.54, 1.807) is 10.6 Å². The van der Waals surface area contributed by atoms with Gasteiger partial charge in [-0.3, -0.25) is 0 Å². The van der Waals surface area contributed by atoms with Crippen LogP contribution in [-0.4, -0.2) is 5.66 Å². The lowest BCUT2D eigenvalue weighted by molar-refractivity contribution is 0.513. The van der Waals surface area contributed by atoms with E-state index in [4.69, 9.17) is 0 Å². The van der Waals surface area contributed by atoms with Crippen LogP contribution in [0.3, 0.4) is 0 Å². The third kappa shape index (κ3) is 3.38. The van der Waals surface area contributed by atoms with E-state index in [1.807, 2.05) is 0 Å². The fourth-order valence-electron chi connectivity index (χ4n) is 3.90. The lowest BCUT2D eigenvalue weighted by Crippen LogP contribution is -2.27. The number of hydrogen-bond donors (Lipinski definition) is 0. The SMILES string of the molecule is Cc1ccccc1P(c1ccc(C)c(C)c1C)C1CCCCC1. The van der Waals surface area contributed by atoms with Crippen molar-refractivity contribution in [1.82, 2.24) is 0 Å². The highest BCUT2D eigenvalue weighted by Gasteiger charge is 2.28. The molecule has 0 bridgehead atoms. The van der Waals surface area contributed by atoms with Crippen LogP contribution in [0.2, 0.25) is 0 Å². The first-order valence-corrected chi connectivity index (χ1v) is 10.4. The summed E-state index contributed by atoms with van der Waals surface area (Å²) in [5.41, 5.74) is 6.78. The zero-order valence-corrected chi connectivity index (χ0v) is 15.9. The second-order valence-corrected chi connectivity index (χ2v) is 9.53. The maximum absolute atomic E-state index is 2.43. The maximum atomic E-state index is 2.43. The smallest absolute Gasteiger partial charge is 0.0129 e. The predicted octanol–water partition coefficient (Wildman–Crippen LogP) is 5.69. The van der Waals surface area contributed by atoms with Gasteiger partial charge in [0.2, 0.25) is 0 Å². The highest BCUT2D eigenvalue weighted by molar-refractivity contribution is 7.73. The Morgan fingerprint density at radius 1 is 0.696 bits per heavy atom. The van der Waals surface area contributed by atoms with Crippen LogP contribution < -0.4 is 10.6 Å². The number of rotatable bonds is 3. The molecule has 3 rings (SSSR count). The van der Waals surface area contributed by atoms with Gasteiger partial charge in [0.05, 0.1) is 0 Å². The van der Waals surface area contributed by atoms with Crippen molar-refractivity contribution in [3.63, 3.8) is 0 Å². The highest BCUT2D eigenvalue weighted by Crippen LogP contribution is 2.47. The quantitative estimate of drug-likeness (QED) is 0.637. The van der Waals surface area contributed by atoms with E-state index in [9.17, 15) is 0 Å². The van der Waals surface area contributed by atoms with Crippen LogP contribution >= 0.6 is 7.92 Å². The van der Waals surface area contributed by atoms with Crippen molar-refractivity contribution in [3.05, 3.63) is 58.7 Å². The second kappa shape index (κ2) is 7.18. The molecule has 1 aliphatic rings. The van der Waals surface area contributed by atoms with E-state index in [2.05, 4.69) is 64.1 Å². The van der Waals surface area contributed by atoms with E-state index in [0.717, 1.165) is 5.66 Å². The van der Waals surface area contributed by atoms with Crippen LogP contribution in [0.4, 0.5) is 0 Å². The van der Waals surface area contributed by atoms with E-state index in [1.165, 1.54) is 54.4 Å². The minimum absolute atomic E-state index is 0.239. The molecule has 1 unspecified atom stereocenters. The molecule has 122 valence electrons. The van der Waals surface area contributed by atoms with Gasteiger partial charge in [0.25, 0.3) is 0 Å². The van der Waals surface area contributed by atoms with Gasteiger partial charge in [0.1, 0.15) is 0 Å². The van der Waals surface area contributed by atoms with Gasteiger partial charge in [-0.15, -0.1) is 0 Å². The van der Waals surface area contributed by atoms with Gasteiger partial charge in [-0.25, -0.2) is 0 Å². The van der Waals surface area contributed by atoms with Crippen LogP contribution in [0.1, 0.15) is 54.4 Å². The average molecular weight is 324 g/mol. The number of hydrogen-bond acceptors (Lipinski definition) is 0. The molecule has 1 atom stereocenters. The summed E-state index contributed by atoms with van der Waals surface area (Å²) in [6.45, 7) is 9.17. The normalized spacial score (nSPS) is 17.2. The molecule has 1 aliphatic carbocycles. The van der Waals surface area contributed by atoms with Gasteiger partial charge >= 0.3 is 0 Å². The first-order valence-electron chi connectivity index (χ1n) is 9.01. The summed E-state index contributed by atoms with van der Waals surface area (Å²) in [5, 5.41) is 3.24. The van der Waals surface area contributed by atoms with Crippen LogP contribution in [0.15, 0.2) is 36.4 Å². The second-order valence-electron chi connectivity index (χ2n) is 7.10. The van der Waals surface area contributed by atoms with Crippen LogP contribution in [0.5, 0.6) is 0 Å². The third-order valence-corrected chi connectivity index (χ3v) is 8.87. The summed E-state index contributed by atoms with van der Waals surface area (Å²) in [6, 6.07) is 13.9. The molecule has 2 aromatic carbocycles. The average Bonchev–Trinajstić information content (AvgIpc) is 2.57. The number of aryl methyl sites for hydroxylation is 2. The molecule has 23 heavy (non-hydrogen) atoms. The molecule has 0 spiro atoms. The summed E-state index contributed by atoms with van der Waals surface area (Å²) >= 11 is 0. The Kier molecular flexibility index (Phi) is 5.22. The van der Waals surface area contributed by atoms with Crippen LogP contribution in [0, 0.1) is 27.7 Å². The fourth-order valence-corrected chi connectivity index (χ4v) is 7.29. The zero-order chi connectivity index (χ0) is 16.4. The molecule has 1 heteroatoms. The Hall–Kier alpha value is -1.13. The molecule has 0 amide bonds. The minimum atomic E-state index is -0.239. The first-order chi connectivity index (χ1) is 11.1. The lowest BCUT2D eigenvalue weighted by Gasteiger charge is -2.34. The van der Waals surface area contributed by atoms with Crippen molar-refractivity contribution in [3.8, 4) is 0 Å². The van der Waals surface area contributed by atoms with Crippen molar-refractivity contribution in [1.29, 1.82) is 0 Å². The highest BCUT2D eigenvalue weighted by atomic mass is 31.1. The molecule has 0 aromatic heterocycles. The summed E-state index contributed by atoms with van der Waals surface area (Å²) in [4.78, 5) is 0. The van der Waals surface area contributed by atoms with Crippen LogP contribution in [-0.2, 0) is 0 Å². The molecule has 0 nitrogen and oxygen atoms in total. The molecular weight excluding hydrogens is 295 g/mol. The molecule has 0 heterocycles. The largest absolute Gasteiger partial charge is 0.0620 e. The van der Waals surface area contributed by atoms with Crippen molar-refractivity contribution in [2.24, 2.45) is 0 Å². The van der Waals surface area contributed by atoms with Gasteiger partial charge in [-0.2, -0.15) is 0 Å². The topological polar surface area (TPSA) is 0 Å². The van der Waals surface area contributed by atoms with E-state index in [-0.39, 0.29) is 7.92 Å². The van der Waals surface area contributed by atoms with E-state index < -0.39 is 0 Å². The standard InChI is InChI=1S/C22H29P/c1-16-14-15-22(19(4)18(16)3)23(20-11-6-5-7-12-20)21-13-9-8-10-17(21)2/h8-10,13-15,20H,5-7,11-12H2,1-4H3. The summed E-state index contributed by atoms with van der Waals surface area (Å²) in [7, 11) is -0.239. The molecule has 0 saturated heterocycles. The van der Waals surface area contributed by atoms with Crippen molar-refractivity contribution in [2.45, 2.75) is 65.5 Å². The third-order valence-electron chi connectivity index (χ3n) is 5.60. The zero-order valence-electron chi connectivity index (χ0n) is 15.0. The maximum Gasteiger partial charge on any atom is -0.0129 e. The van der Waals surface area contributed by atoms with Gasteiger partial charge in [0.15, 0.2) is 0 Å².